The summed E-state index contributed by atoms with van der Waals surface area (Å²) in [5, 5.41) is 0. The van der Waals surface area contributed by atoms with Gasteiger partial charge in [0.1, 0.15) is 0 Å². The lowest BCUT2D eigenvalue weighted by Crippen LogP contribution is -2.19. The van der Waals surface area contributed by atoms with E-state index in [1.807, 2.05) is 61.6 Å². The molecule has 5 aromatic carbocycles. The number of aryl methyl sites for hydroxylation is 2. The number of nitrogens with zero attached hydrogens (tertiary/aromatic N) is 5. The number of hydrogen-bond acceptors (Lipinski definition) is 4. The minimum absolute atomic E-state index is 0.0427. The molecule has 45 heavy (non-hydrogen) atoms. The first-order chi connectivity index (χ1) is 21.8. The molecule has 0 radical (unpaired) electrons. The van der Waals surface area contributed by atoms with Gasteiger partial charge in [0.2, 0.25) is 0 Å². The van der Waals surface area contributed by atoms with Crippen molar-refractivity contribution in [3.8, 4) is 56.4 Å². The highest BCUT2D eigenvalue weighted by Gasteiger charge is 2.35. The molecule has 6 heteroatoms. The highest BCUT2D eigenvalue weighted by atomic mass is 16.1. The maximum Gasteiger partial charge on any atom is 0.328 e. The summed E-state index contributed by atoms with van der Waals surface area (Å²) >= 11 is 0. The Morgan fingerprint density at radius 1 is 0.511 bits per heavy atom. The number of para-hydroxylation sites is 1. The fraction of sp³-hybridized carbons (Fsp3) is 0.128. The van der Waals surface area contributed by atoms with E-state index in [-0.39, 0.29) is 11.1 Å². The van der Waals surface area contributed by atoms with E-state index in [2.05, 4.69) is 74.5 Å². The fourth-order valence-electron chi connectivity index (χ4n) is 6.82. The molecule has 0 fully saturated rings. The van der Waals surface area contributed by atoms with Crippen molar-refractivity contribution in [3.63, 3.8) is 0 Å². The van der Waals surface area contributed by atoms with E-state index < -0.39 is 0 Å². The second kappa shape index (κ2) is 9.96. The van der Waals surface area contributed by atoms with Crippen LogP contribution in [0.1, 0.15) is 25.0 Å². The van der Waals surface area contributed by atoms with E-state index in [4.69, 9.17) is 15.0 Å². The van der Waals surface area contributed by atoms with Crippen LogP contribution in [0.3, 0.4) is 0 Å². The van der Waals surface area contributed by atoms with Crippen LogP contribution in [-0.4, -0.2) is 24.1 Å². The zero-order chi connectivity index (χ0) is 30.9. The maximum absolute atomic E-state index is 12.7. The average molecular weight is 586 g/mol. The van der Waals surface area contributed by atoms with Crippen LogP contribution in [0.25, 0.3) is 67.5 Å². The Morgan fingerprint density at radius 3 is 1.80 bits per heavy atom. The Labute approximate surface area is 261 Å². The lowest BCUT2D eigenvalue weighted by molar-refractivity contribution is 0.660. The largest absolute Gasteiger partial charge is 0.328 e. The number of benzene rings is 5. The van der Waals surface area contributed by atoms with E-state index in [9.17, 15) is 4.79 Å². The highest BCUT2D eigenvalue weighted by molar-refractivity contribution is 5.93. The third-order valence-corrected chi connectivity index (χ3v) is 9.25. The Morgan fingerprint density at radius 2 is 1.07 bits per heavy atom. The van der Waals surface area contributed by atoms with Crippen LogP contribution < -0.4 is 5.69 Å². The second-order valence-corrected chi connectivity index (χ2v) is 12.3. The normalized spacial score (nSPS) is 13.2. The van der Waals surface area contributed by atoms with Crippen molar-refractivity contribution in [1.82, 2.24) is 24.1 Å². The SMILES string of the molecule is Cn1c(=O)n(C)c2c(-c3ccc(-c4nc(-c5ccccc5)nc(-c5ccc6c(c5)-c5ccccc5C6(C)C)n4)cc3)cccc21. The van der Waals surface area contributed by atoms with Crippen molar-refractivity contribution >= 4 is 11.0 Å². The molecular weight excluding hydrogens is 554 g/mol. The summed E-state index contributed by atoms with van der Waals surface area (Å²) in [6.45, 7) is 4.57. The van der Waals surface area contributed by atoms with Gasteiger partial charge in [-0.25, -0.2) is 19.7 Å². The van der Waals surface area contributed by atoms with Crippen molar-refractivity contribution in [2.75, 3.05) is 0 Å². The molecule has 218 valence electrons. The molecule has 0 amide bonds. The van der Waals surface area contributed by atoms with Crippen LogP contribution in [0.5, 0.6) is 0 Å². The molecule has 7 aromatic rings. The predicted octanol–water partition coefficient (Wildman–Crippen LogP) is 8.04. The number of fused-ring (bicyclic) bond motifs is 4. The molecule has 1 aliphatic rings. The number of aromatic nitrogens is 5. The van der Waals surface area contributed by atoms with Crippen LogP contribution in [0.15, 0.2) is 120 Å². The maximum atomic E-state index is 12.7. The first kappa shape index (κ1) is 27.0. The minimum Gasteiger partial charge on any atom is -0.295 e. The molecule has 0 bridgehead atoms. The van der Waals surface area contributed by atoms with Crippen molar-refractivity contribution in [1.29, 1.82) is 0 Å². The summed E-state index contributed by atoms with van der Waals surface area (Å²) in [6, 6.07) is 39.5. The molecule has 0 saturated carbocycles. The minimum atomic E-state index is -0.0674. The van der Waals surface area contributed by atoms with Crippen LogP contribution in [-0.2, 0) is 19.5 Å². The summed E-state index contributed by atoms with van der Waals surface area (Å²) in [4.78, 5) is 27.6. The van der Waals surface area contributed by atoms with E-state index in [0.29, 0.717) is 17.5 Å². The lowest BCUT2D eigenvalue weighted by Gasteiger charge is -2.21. The van der Waals surface area contributed by atoms with Gasteiger partial charge in [0.25, 0.3) is 0 Å². The molecule has 0 atom stereocenters. The summed E-state index contributed by atoms with van der Waals surface area (Å²) in [7, 11) is 3.62. The van der Waals surface area contributed by atoms with E-state index in [0.717, 1.165) is 38.9 Å². The Kier molecular flexibility index (Phi) is 5.97. The highest BCUT2D eigenvalue weighted by Crippen LogP contribution is 2.49. The summed E-state index contributed by atoms with van der Waals surface area (Å²) in [5.74, 6) is 1.87. The van der Waals surface area contributed by atoms with Crippen LogP contribution in [0.4, 0.5) is 0 Å². The van der Waals surface area contributed by atoms with E-state index in [1.165, 1.54) is 22.3 Å². The Bertz CT molecular complexity index is 2330. The third kappa shape index (κ3) is 4.17. The molecule has 0 aliphatic heterocycles. The molecule has 1 aliphatic carbocycles. The predicted molar refractivity (Wildman–Crippen MR) is 181 cm³/mol. The van der Waals surface area contributed by atoms with Crippen molar-refractivity contribution in [2.45, 2.75) is 19.3 Å². The number of hydrogen-bond donors (Lipinski definition) is 0. The first-order valence-corrected chi connectivity index (χ1v) is 15.1. The summed E-state index contributed by atoms with van der Waals surface area (Å²) in [6.07, 6.45) is 0. The van der Waals surface area contributed by atoms with Gasteiger partial charge in [-0.3, -0.25) is 9.13 Å². The van der Waals surface area contributed by atoms with Gasteiger partial charge in [-0.05, 0) is 39.9 Å². The van der Waals surface area contributed by atoms with Crippen LogP contribution >= 0.6 is 0 Å². The molecule has 0 unspecified atom stereocenters. The molecule has 0 spiro atoms. The van der Waals surface area contributed by atoms with Gasteiger partial charge in [0, 0.05) is 41.8 Å². The van der Waals surface area contributed by atoms with Gasteiger partial charge in [0.05, 0.1) is 11.0 Å². The van der Waals surface area contributed by atoms with Crippen LogP contribution in [0.2, 0.25) is 0 Å². The lowest BCUT2D eigenvalue weighted by atomic mass is 9.82. The van der Waals surface area contributed by atoms with Gasteiger partial charge >= 0.3 is 5.69 Å². The van der Waals surface area contributed by atoms with Gasteiger partial charge < -0.3 is 0 Å². The fourth-order valence-corrected chi connectivity index (χ4v) is 6.82. The molecule has 8 rings (SSSR count). The second-order valence-electron chi connectivity index (χ2n) is 12.3. The molecule has 0 N–H and O–H groups in total. The van der Waals surface area contributed by atoms with E-state index in [1.54, 1.807) is 16.2 Å². The zero-order valence-corrected chi connectivity index (χ0v) is 25.6. The van der Waals surface area contributed by atoms with E-state index >= 15 is 0 Å². The molecular formula is C39H31N5O. The topological polar surface area (TPSA) is 65.6 Å². The van der Waals surface area contributed by atoms with Gasteiger partial charge in [0.15, 0.2) is 17.5 Å². The smallest absolute Gasteiger partial charge is 0.295 e. The molecule has 6 nitrogen and oxygen atoms in total. The van der Waals surface area contributed by atoms with Crippen molar-refractivity contribution < 1.29 is 0 Å². The average Bonchev–Trinajstić information content (AvgIpc) is 3.46. The number of imidazole rings is 1. The molecule has 0 saturated heterocycles. The van der Waals surface area contributed by atoms with Gasteiger partial charge in [-0.1, -0.05) is 117 Å². The summed E-state index contributed by atoms with van der Waals surface area (Å²) in [5.41, 5.74) is 11.6. The standard InChI is InChI=1S/C39H31N5O/c1-39(2)31-15-9-8-13-29(31)30-23-27(21-22-32(30)39)37-41-35(25-11-6-5-7-12-25)40-36(42-37)26-19-17-24(18-20-26)28-14-10-16-33-34(28)44(4)38(45)43(33)3/h5-23H,1-4H3. The quantitative estimate of drug-likeness (QED) is 0.210. The monoisotopic (exact) mass is 585 g/mol. The summed E-state index contributed by atoms with van der Waals surface area (Å²) < 4.78 is 3.39. The third-order valence-electron chi connectivity index (χ3n) is 9.25. The Hall–Kier alpha value is -5.62. The van der Waals surface area contributed by atoms with Crippen molar-refractivity contribution in [2.24, 2.45) is 14.1 Å². The first-order valence-electron chi connectivity index (χ1n) is 15.1. The van der Waals surface area contributed by atoms with Gasteiger partial charge in [-0.2, -0.15) is 0 Å². The van der Waals surface area contributed by atoms with Crippen LogP contribution in [0, 0.1) is 0 Å². The number of rotatable bonds is 4. The van der Waals surface area contributed by atoms with Crippen molar-refractivity contribution in [3.05, 3.63) is 137 Å². The Balaban J connectivity index is 1.25. The zero-order valence-electron chi connectivity index (χ0n) is 25.6. The molecule has 2 aromatic heterocycles. The van der Waals surface area contributed by atoms with Gasteiger partial charge in [-0.15, -0.1) is 0 Å². The molecule has 2 heterocycles.